The number of aliphatic hydroxyl groups excluding tert-OH is 1. The first-order valence-electron chi connectivity index (χ1n) is 6.57. The topological polar surface area (TPSA) is 113 Å². The molecule has 118 valence electrons. The van der Waals surface area contributed by atoms with Crippen LogP contribution in [0.2, 0.25) is 0 Å². The maximum absolute atomic E-state index is 11.3. The van der Waals surface area contributed by atoms with Crippen LogP contribution in [0.3, 0.4) is 0 Å². The molecular weight excluding hydrogens is 292 g/mol. The van der Waals surface area contributed by atoms with Crippen molar-refractivity contribution in [3.63, 3.8) is 0 Å². The molecule has 0 radical (unpaired) electrons. The molecule has 0 unspecified atom stereocenters. The van der Waals surface area contributed by atoms with Gasteiger partial charge in [0.25, 0.3) is 0 Å². The lowest BCUT2D eigenvalue weighted by atomic mass is 10.3. The summed E-state index contributed by atoms with van der Waals surface area (Å²) in [6.07, 6.45) is 1.91. The fraction of sp³-hybridized carbons (Fsp3) is 0.385. The van der Waals surface area contributed by atoms with Crippen LogP contribution in [-0.4, -0.2) is 45.1 Å². The lowest BCUT2D eigenvalue weighted by molar-refractivity contribution is -0.386. The molecule has 2 aromatic rings. The van der Waals surface area contributed by atoms with Gasteiger partial charge in [0.05, 0.1) is 18.6 Å². The predicted molar refractivity (Wildman–Crippen MR) is 76.5 cm³/mol. The van der Waals surface area contributed by atoms with E-state index in [1.165, 1.54) is 11.8 Å². The molecule has 0 aliphatic heterocycles. The third-order valence-corrected chi connectivity index (χ3v) is 2.95. The number of pyridine rings is 1. The maximum Gasteiger partial charge on any atom is 0.353 e. The first-order valence-corrected chi connectivity index (χ1v) is 6.57. The summed E-state index contributed by atoms with van der Waals surface area (Å²) in [6, 6.07) is 3.37. The third-order valence-electron chi connectivity index (χ3n) is 2.95. The zero-order valence-electron chi connectivity index (χ0n) is 12.2. The van der Waals surface area contributed by atoms with Crippen molar-refractivity contribution in [3.05, 3.63) is 34.1 Å². The van der Waals surface area contributed by atoms with Crippen LogP contribution in [0.4, 0.5) is 5.69 Å². The summed E-state index contributed by atoms with van der Waals surface area (Å²) in [5.41, 5.74) is 0.557. The number of nitro groups is 1. The van der Waals surface area contributed by atoms with Gasteiger partial charge in [-0.15, -0.1) is 5.10 Å². The van der Waals surface area contributed by atoms with Crippen LogP contribution in [0.15, 0.2) is 18.3 Å². The highest BCUT2D eigenvalue weighted by atomic mass is 16.6. The number of aromatic nitrogens is 3. The molecule has 1 N–H and O–H groups in total. The largest absolute Gasteiger partial charge is 0.479 e. The molecular formula is C13H16N4O5. The molecule has 0 atom stereocenters. The van der Waals surface area contributed by atoms with Crippen molar-refractivity contribution in [2.24, 2.45) is 0 Å². The van der Waals surface area contributed by atoms with Crippen molar-refractivity contribution in [1.82, 2.24) is 14.8 Å². The van der Waals surface area contributed by atoms with E-state index in [2.05, 4.69) is 10.1 Å². The van der Waals surface area contributed by atoms with E-state index in [4.69, 9.17) is 14.6 Å². The van der Waals surface area contributed by atoms with Crippen molar-refractivity contribution in [2.45, 2.75) is 13.3 Å². The van der Waals surface area contributed by atoms with Crippen molar-refractivity contribution in [1.29, 1.82) is 0 Å². The summed E-state index contributed by atoms with van der Waals surface area (Å²) in [6.45, 7) is 1.64. The molecule has 0 amide bonds. The Kier molecular flexibility index (Phi) is 4.89. The molecule has 0 bridgehead atoms. The Balaban J connectivity index is 2.48. The minimum Gasteiger partial charge on any atom is -0.479 e. The van der Waals surface area contributed by atoms with E-state index in [0.717, 1.165) is 0 Å². The molecule has 2 heterocycles. The van der Waals surface area contributed by atoms with Gasteiger partial charge in [-0.3, -0.25) is 10.1 Å². The number of hydrogen-bond donors (Lipinski definition) is 1. The van der Waals surface area contributed by atoms with Crippen LogP contribution in [0.25, 0.3) is 5.69 Å². The van der Waals surface area contributed by atoms with Crippen LogP contribution in [-0.2, 0) is 0 Å². The summed E-state index contributed by atoms with van der Waals surface area (Å²) in [5.74, 6) is 0.201. The average molecular weight is 308 g/mol. The molecule has 0 fully saturated rings. The number of rotatable bonds is 7. The Morgan fingerprint density at radius 2 is 2.23 bits per heavy atom. The molecule has 0 aliphatic rings. The van der Waals surface area contributed by atoms with Crippen LogP contribution >= 0.6 is 0 Å². The van der Waals surface area contributed by atoms with Crippen LogP contribution < -0.4 is 9.47 Å². The number of hydrogen-bond acceptors (Lipinski definition) is 7. The van der Waals surface area contributed by atoms with Gasteiger partial charge in [0, 0.05) is 19.2 Å². The summed E-state index contributed by atoms with van der Waals surface area (Å²) in [7, 11) is 1.46. The Morgan fingerprint density at radius 3 is 2.86 bits per heavy atom. The van der Waals surface area contributed by atoms with E-state index in [1.54, 1.807) is 25.3 Å². The van der Waals surface area contributed by atoms with E-state index < -0.39 is 4.92 Å². The predicted octanol–water partition coefficient (Wildman–Crippen LogP) is 1.25. The highest BCUT2D eigenvalue weighted by Crippen LogP contribution is 2.33. The highest BCUT2D eigenvalue weighted by molar-refractivity contribution is 5.51. The number of aliphatic hydroxyl groups is 1. The van der Waals surface area contributed by atoms with Crippen molar-refractivity contribution >= 4 is 5.69 Å². The van der Waals surface area contributed by atoms with Gasteiger partial charge in [0.1, 0.15) is 11.4 Å². The van der Waals surface area contributed by atoms with Gasteiger partial charge in [0.2, 0.25) is 5.88 Å². The summed E-state index contributed by atoms with van der Waals surface area (Å²) < 4.78 is 11.8. The van der Waals surface area contributed by atoms with Gasteiger partial charge in [-0.1, -0.05) is 0 Å². The Bertz CT molecular complexity index is 670. The fourth-order valence-electron chi connectivity index (χ4n) is 1.94. The molecule has 0 saturated heterocycles. The number of methoxy groups -OCH3 is 1. The van der Waals surface area contributed by atoms with E-state index >= 15 is 0 Å². The zero-order chi connectivity index (χ0) is 16.1. The van der Waals surface area contributed by atoms with E-state index in [-0.39, 0.29) is 24.8 Å². The molecule has 9 nitrogen and oxygen atoms in total. The second-order valence-corrected chi connectivity index (χ2v) is 4.37. The molecule has 2 aromatic heterocycles. The Labute approximate surface area is 126 Å². The van der Waals surface area contributed by atoms with Gasteiger partial charge in [-0.05, 0) is 19.1 Å². The highest BCUT2D eigenvalue weighted by Gasteiger charge is 2.28. The SMILES string of the molecule is COc1ncccc1-n1nc(OCCCO)c([N+](=O)[O-])c1C. The van der Waals surface area contributed by atoms with E-state index in [9.17, 15) is 10.1 Å². The minimum atomic E-state index is -0.546. The average Bonchev–Trinajstić information content (AvgIpc) is 2.84. The molecule has 0 saturated carbocycles. The fourth-order valence-corrected chi connectivity index (χ4v) is 1.94. The van der Waals surface area contributed by atoms with E-state index in [1.807, 2.05) is 0 Å². The Hall–Kier alpha value is -2.68. The smallest absolute Gasteiger partial charge is 0.353 e. The minimum absolute atomic E-state index is 0.0656. The number of nitrogens with zero attached hydrogens (tertiary/aromatic N) is 4. The van der Waals surface area contributed by atoms with Crippen LogP contribution in [0.1, 0.15) is 12.1 Å². The second kappa shape index (κ2) is 6.85. The van der Waals surface area contributed by atoms with Gasteiger partial charge in [-0.25, -0.2) is 9.67 Å². The van der Waals surface area contributed by atoms with Gasteiger partial charge < -0.3 is 14.6 Å². The van der Waals surface area contributed by atoms with Gasteiger partial charge >= 0.3 is 11.6 Å². The maximum atomic E-state index is 11.3. The first kappa shape index (κ1) is 15.7. The van der Waals surface area contributed by atoms with Crippen LogP contribution in [0, 0.1) is 17.0 Å². The monoisotopic (exact) mass is 308 g/mol. The molecule has 9 heteroatoms. The quantitative estimate of drug-likeness (QED) is 0.465. The second-order valence-electron chi connectivity index (χ2n) is 4.37. The summed E-state index contributed by atoms with van der Waals surface area (Å²) in [4.78, 5) is 14.8. The van der Waals surface area contributed by atoms with Crippen molar-refractivity contribution in [3.8, 4) is 17.4 Å². The molecule has 2 rings (SSSR count). The molecule has 0 aromatic carbocycles. The lowest BCUT2D eigenvalue weighted by Gasteiger charge is -2.07. The zero-order valence-corrected chi connectivity index (χ0v) is 12.2. The summed E-state index contributed by atoms with van der Waals surface area (Å²) >= 11 is 0. The van der Waals surface area contributed by atoms with Gasteiger partial charge in [-0.2, -0.15) is 0 Å². The summed E-state index contributed by atoms with van der Waals surface area (Å²) in [5, 5.41) is 24.1. The first-order chi connectivity index (χ1) is 10.6. The number of ether oxygens (including phenoxy) is 2. The standard InChI is InChI=1S/C13H16N4O5/c1-9-11(17(19)20)13(22-8-4-7-18)15-16(9)10-5-3-6-14-12(10)21-2/h3,5-6,18H,4,7-8H2,1-2H3. The molecule has 0 aliphatic carbocycles. The molecule has 22 heavy (non-hydrogen) atoms. The molecule has 0 spiro atoms. The third kappa shape index (κ3) is 2.98. The van der Waals surface area contributed by atoms with Crippen molar-refractivity contribution < 1.29 is 19.5 Å². The van der Waals surface area contributed by atoms with Crippen molar-refractivity contribution in [2.75, 3.05) is 20.3 Å². The normalized spacial score (nSPS) is 10.5. The Morgan fingerprint density at radius 1 is 1.45 bits per heavy atom. The van der Waals surface area contributed by atoms with Crippen LogP contribution in [0.5, 0.6) is 11.8 Å². The van der Waals surface area contributed by atoms with Gasteiger partial charge in [0.15, 0.2) is 0 Å². The lowest BCUT2D eigenvalue weighted by Crippen LogP contribution is -2.04. The van der Waals surface area contributed by atoms with E-state index in [0.29, 0.717) is 23.7 Å².